The summed E-state index contributed by atoms with van der Waals surface area (Å²) in [5.41, 5.74) is 11.3. The summed E-state index contributed by atoms with van der Waals surface area (Å²) in [5.74, 6) is 0. The van der Waals surface area contributed by atoms with Gasteiger partial charge >= 0.3 is 0 Å². The maximum atomic E-state index is 10.6. The van der Waals surface area contributed by atoms with Crippen LogP contribution in [0.2, 0.25) is 0 Å². The Bertz CT molecular complexity index is 3150. The highest BCUT2D eigenvalue weighted by Gasteiger charge is 2.25. The first-order chi connectivity index (χ1) is 26.7. The number of fused-ring (bicyclic) bond motifs is 7. The third kappa shape index (κ3) is 4.67. The maximum Gasteiger partial charge on any atom is 0.221 e. The van der Waals surface area contributed by atoms with Gasteiger partial charge < -0.3 is 9.13 Å². The van der Waals surface area contributed by atoms with Gasteiger partial charge in [-0.05, 0) is 53.6 Å². The molecule has 0 N–H and O–H groups in total. The highest BCUT2D eigenvalue weighted by Crippen LogP contribution is 2.46. The summed E-state index contributed by atoms with van der Waals surface area (Å²) in [7, 11) is 0. The molecule has 0 bridgehead atoms. The van der Waals surface area contributed by atoms with Crippen molar-refractivity contribution in [3.63, 3.8) is 0 Å². The second-order valence-corrected chi connectivity index (χ2v) is 13.3. The van der Waals surface area contributed by atoms with E-state index in [1.807, 2.05) is 66.7 Å². The molecule has 10 rings (SSSR count). The SMILES string of the molecule is [C-]#[N+]c1c(-c2ccc3c4c(ccc5c6ccccc6n(-c6ccccc6)c54)n(-c4ccccc4)c3c2)nc(-c2ccccc2)c(C#N)c1-c1ccccc1. The van der Waals surface area contributed by atoms with Crippen molar-refractivity contribution < 1.29 is 0 Å². The smallest absolute Gasteiger partial charge is 0.221 e. The van der Waals surface area contributed by atoms with Crippen molar-refractivity contribution in [1.29, 1.82) is 5.26 Å². The number of hydrogen-bond acceptors (Lipinski definition) is 2. The molecule has 0 atom stereocenters. The molecule has 0 unspecified atom stereocenters. The average Bonchev–Trinajstić information content (AvgIpc) is 3.76. The summed E-state index contributed by atoms with van der Waals surface area (Å²) in [6, 6.07) is 62.4. The fraction of sp³-hybridized carbons (Fsp3) is 0. The number of pyridine rings is 1. The topological polar surface area (TPSA) is 50.9 Å². The van der Waals surface area contributed by atoms with Gasteiger partial charge in [0.2, 0.25) is 5.69 Å². The van der Waals surface area contributed by atoms with E-state index in [0.717, 1.165) is 60.9 Å². The molecule has 3 aromatic heterocycles. The third-order valence-electron chi connectivity index (χ3n) is 10.4. The Kier molecular flexibility index (Phi) is 7.18. The van der Waals surface area contributed by atoms with Crippen LogP contribution in [0.1, 0.15) is 5.56 Å². The van der Waals surface area contributed by atoms with Gasteiger partial charge in [-0.15, -0.1) is 0 Å². The molecule has 0 aliphatic rings. The van der Waals surface area contributed by atoms with Gasteiger partial charge in [-0.2, -0.15) is 5.26 Å². The number of nitriles is 1. The van der Waals surface area contributed by atoms with Crippen molar-refractivity contribution in [3.05, 3.63) is 193 Å². The molecule has 10 aromatic rings. The van der Waals surface area contributed by atoms with E-state index in [-0.39, 0.29) is 0 Å². The second-order valence-electron chi connectivity index (χ2n) is 13.3. The lowest BCUT2D eigenvalue weighted by Gasteiger charge is -2.16. The average molecular weight is 688 g/mol. The van der Waals surface area contributed by atoms with Crippen molar-refractivity contribution in [3.8, 4) is 51.1 Å². The van der Waals surface area contributed by atoms with Crippen molar-refractivity contribution >= 4 is 49.3 Å². The van der Waals surface area contributed by atoms with Gasteiger partial charge in [-0.1, -0.05) is 133 Å². The van der Waals surface area contributed by atoms with Crippen LogP contribution in [-0.2, 0) is 0 Å². The zero-order valence-corrected chi connectivity index (χ0v) is 29.0. The van der Waals surface area contributed by atoms with Gasteiger partial charge in [0.25, 0.3) is 0 Å². The lowest BCUT2D eigenvalue weighted by molar-refractivity contribution is 1.17. The van der Waals surface area contributed by atoms with Gasteiger partial charge in [0, 0.05) is 44.0 Å². The first-order valence-electron chi connectivity index (χ1n) is 17.8. The lowest BCUT2D eigenvalue weighted by atomic mass is 9.92. The standard InChI is InChI=1S/C49H29N5/c1-51-48-44(32-16-6-2-7-17-32)40(31-50)46(33-18-8-3-9-19-33)52-47(48)34-26-27-39-43(30-34)53(35-20-10-4-11-21-35)42-29-28-38-37-24-14-15-25-41(37)54(49(38)45(39)42)36-22-12-5-13-23-36/h2-30H. The van der Waals surface area contributed by atoms with Crippen LogP contribution in [0.15, 0.2) is 176 Å². The van der Waals surface area contributed by atoms with Crippen LogP contribution >= 0.6 is 0 Å². The van der Waals surface area contributed by atoms with Gasteiger partial charge in [-0.25, -0.2) is 4.85 Å². The first kappa shape index (κ1) is 31.0. The van der Waals surface area contributed by atoms with Gasteiger partial charge in [-0.3, -0.25) is 4.98 Å². The Morgan fingerprint density at radius 2 is 1.09 bits per heavy atom. The Morgan fingerprint density at radius 3 is 1.76 bits per heavy atom. The highest BCUT2D eigenvalue weighted by molar-refractivity contribution is 6.26. The van der Waals surface area contributed by atoms with E-state index in [4.69, 9.17) is 11.6 Å². The van der Waals surface area contributed by atoms with Crippen LogP contribution in [0, 0.1) is 17.9 Å². The summed E-state index contributed by atoms with van der Waals surface area (Å²) in [6.07, 6.45) is 0. The van der Waals surface area contributed by atoms with Crippen LogP contribution < -0.4 is 0 Å². The molecule has 0 amide bonds. The predicted molar refractivity (Wildman–Crippen MR) is 220 cm³/mol. The number of nitrogens with zero attached hydrogens (tertiary/aromatic N) is 5. The lowest BCUT2D eigenvalue weighted by Crippen LogP contribution is -1.98. The third-order valence-corrected chi connectivity index (χ3v) is 10.4. The Balaban J connectivity index is 1.35. The quantitative estimate of drug-likeness (QED) is 0.169. The minimum atomic E-state index is 0.353. The fourth-order valence-electron chi connectivity index (χ4n) is 8.09. The molecule has 0 saturated heterocycles. The molecular weight excluding hydrogens is 659 g/mol. The van der Waals surface area contributed by atoms with Crippen molar-refractivity contribution in [2.75, 3.05) is 0 Å². The molecule has 0 aliphatic carbocycles. The summed E-state index contributed by atoms with van der Waals surface area (Å²) in [6.45, 7) is 8.51. The zero-order chi connectivity index (χ0) is 36.2. The molecular formula is C49H29N5. The van der Waals surface area contributed by atoms with Crippen LogP contribution in [0.5, 0.6) is 0 Å². The normalized spacial score (nSPS) is 11.3. The van der Waals surface area contributed by atoms with E-state index >= 15 is 0 Å². The van der Waals surface area contributed by atoms with Crippen molar-refractivity contribution in [2.45, 2.75) is 0 Å². The van der Waals surface area contributed by atoms with Crippen molar-refractivity contribution in [1.82, 2.24) is 14.1 Å². The Morgan fingerprint density at radius 1 is 0.500 bits per heavy atom. The molecule has 0 aliphatic heterocycles. The molecule has 0 radical (unpaired) electrons. The molecule has 3 heterocycles. The fourth-order valence-corrected chi connectivity index (χ4v) is 8.09. The number of para-hydroxylation sites is 3. The van der Waals surface area contributed by atoms with E-state index < -0.39 is 0 Å². The van der Waals surface area contributed by atoms with Gasteiger partial charge in [0.15, 0.2) is 0 Å². The largest absolute Gasteiger partial charge is 0.309 e. The number of rotatable bonds is 5. The van der Waals surface area contributed by atoms with Crippen LogP contribution in [0.3, 0.4) is 0 Å². The molecule has 5 nitrogen and oxygen atoms in total. The minimum absolute atomic E-state index is 0.353. The maximum absolute atomic E-state index is 10.6. The van der Waals surface area contributed by atoms with Gasteiger partial charge in [0.1, 0.15) is 6.07 Å². The number of hydrogen-bond donors (Lipinski definition) is 0. The molecule has 0 spiro atoms. The van der Waals surface area contributed by atoms with E-state index in [9.17, 15) is 5.26 Å². The molecule has 54 heavy (non-hydrogen) atoms. The molecule has 5 heteroatoms. The Hall–Kier alpha value is -7.73. The van der Waals surface area contributed by atoms with Gasteiger partial charge in [0.05, 0.1) is 45.6 Å². The van der Waals surface area contributed by atoms with Crippen LogP contribution in [0.25, 0.3) is 93.5 Å². The highest BCUT2D eigenvalue weighted by atomic mass is 15.0. The predicted octanol–water partition coefficient (Wildman–Crippen LogP) is 12.7. The molecule has 0 saturated carbocycles. The Labute approximate surface area is 311 Å². The molecule has 7 aromatic carbocycles. The van der Waals surface area contributed by atoms with E-state index in [2.05, 4.69) is 129 Å². The number of benzene rings is 7. The summed E-state index contributed by atoms with van der Waals surface area (Å²) in [5, 5.41) is 15.2. The monoisotopic (exact) mass is 687 g/mol. The summed E-state index contributed by atoms with van der Waals surface area (Å²) >= 11 is 0. The van der Waals surface area contributed by atoms with Crippen LogP contribution in [0.4, 0.5) is 5.69 Å². The molecule has 250 valence electrons. The first-order valence-corrected chi connectivity index (χ1v) is 17.8. The zero-order valence-electron chi connectivity index (χ0n) is 29.0. The minimum Gasteiger partial charge on any atom is -0.309 e. The molecule has 0 fully saturated rings. The van der Waals surface area contributed by atoms with E-state index in [1.54, 1.807) is 0 Å². The van der Waals surface area contributed by atoms with Crippen LogP contribution in [-0.4, -0.2) is 14.1 Å². The number of aromatic nitrogens is 3. The second kappa shape index (κ2) is 12.5. The summed E-state index contributed by atoms with van der Waals surface area (Å²) in [4.78, 5) is 9.29. The summed E-state index contributed by atoms with van der Waals surface area (Å²) < 4.78 is 4.70. The van der Waals surface area contributed by atoms with E-state index in [0.29, 0.717) is 28.2 Å². The van der Waals surface area contributed by atoms with E-state index in [1.165, 1.54) is 10.8 Å². The van der Waals surface area contributed by atoms with Crippen molar-refractivity contribution in [2.24, 2.45) is 0 Å².